The van der Waals surface area contributed by atoms with Crippen LogP contribution in [0.1, 0.15) is 37.2 Å². The Kier molecular flexibility index (Phi) is 2.82. The fourth-order valence-electron chi connectivity index (χ4n) is 2.28. The lowest BCUT2D eigenvalue weighted by molar-refractivity contribution is 0.385. The van der Waals surface area contributed by atoms with Crippen molar-refractivity contribution in [3.05, 3.63) is 35.6 Å². The van der Waals surface area contributed by atoms with Crippen LogP contribution in [0.5, 0.6) is 0 Å². The van der Waals surface area contributed by atoms with E-state index in [0.717, 1.165) is 12.8 Å². The summed E-state index contributed by atoms with van der Waals surface area (Å²) in [6.45, 7) is 0. The predicted octanol–water partition coefficient (Wildman–Crippen LogP) is 2.81. The van der Waals surface area contributed by atoms with Gasteiger partial charge in [-0.1, -0.05) is 25.0 Å². The van der Waals surface area contributed by atoms with Gasteiger partial charge in [0.2, 0.25) is 0 Å². The van der Waals surface area contributed by atoms with Crippen LogP contribution in [0.2, 0.25) is 0 Å². The van der Waals surface area contributed by atoms with Crippen molar-refractivity contribution in [3.63, 3.8) is 0 Å². The van der Waals surface area contributed by atoms with E-state index in [1.165, 1.54) is 30.5 Å². The molecule has 76 valence electrons. The molecule has 0 unspecified atom stereocenters. The van der Waals surface area contributed by atoms with Crippen molar-refractivity contribution in [2.24, 2.45) is 5.73 Å². The number of nitrogens with two attached hydrogens (primary N) is 1. The maximum atomic E-state index is 12.7. The van der Waals surface area contributed by atoms with Crippen molar-refractivity contribution in [2.45, 2.75) is 37.6 Å². The van der Waals surface area contributed by atoms with Crippen LogP contribution < -0.4 is 5.73 Å². The van der Waals surface area contributed by atoms with Gasteiger partial charge < -0.3 is 5.73 Å². The van der Waals surface area contributed by atoms with E-state index in [1.54, 1.807) is 0 Å². The van der Waals surface area contributed by atoms with E-state index in [-0.39, 0.29) is 11.9 Å². The van der Waals surface area contributed by atoms with Gasteiger partial charge in [0.1, 0.15) is 5.82 Å². The summed E-state index contributed by atoms with van der Waals surface area (Å²) in [5.41, 5.74) is 7.25. The fraction of sp³-hybridized carbons (Fsp3) is 0.500. The van der Waals surface area contributed by atoms with Gasteiger partial charge in [0, 0.05) is 6.04 Å². The van der Waals surface area contributed by atoms with Gasteiger partial charge >= 0.3 is 0 Å². The summed E-state index contributed by atoms with van der Waals surface area (Å²) in [7, 11) is 0. The quantitative estimate of drug-likeness (QED) is 0.729. The lowest BCUT2D eigenvalue weighted by atomic mass is 9.80. The van der Waals surface area contributed by atoms with Crippen LogP contribution in [0.4, 0.5) is 4.39 Å². The minimum Gasteiger partial charge on any atom is -0.327 e. The second-order valence-electron chi connectivity index (χ2n) is 4.11. The van der Waals surface area contributed by atoms with Crippen molar-refractivity contribution in [2.75, 3.05) is 0 Å². The Balaban J connectivity index is 2.16. The van der Waals surface area contributed by atoms with Crippen LogP contribution in [-0.2, 0) is 0 Å². The summed E-state index contributed by atoms with van der Waals surface area (Å²) in [4.78, 5) is 0. The molecule has 2 atom stereocenters. The normalized spacial score (nSPS) is 27.6. The minimum atomic E-state index is -0.168. The number of hydrogen-bond donors (Lipinski definition) is 1. The minimum absolute atomic E-state index is 0.168. The molecule has 1 aromatic carbocycles. The molecule has 0 aromatic heterocycles. The fourth-order valence-corrected chi connectivity index (χ4v) is 2.28. The van der Waals surface area contributed by atoms with Crippen LogP contribution >= 0.6 is 0 Å². The van der Waals surface area contributed by atoms with E-state index < -0.39 is 0 Å². The third kappa shape index (κ3) is 1.95. The molecule has 0 saturated heterocycles. The number of hydrogen-bond acceptors (Lipinski definition) is 1. The van der Waals surface area contributed by atoms with Crippen LogP contribution in [0.3, 0.4) is 0 Å². The first-order valence-electron chi connectivity index (χ1n) is 5.28. The van der Waals surface area contributed by atoms with Crippen molar-refractivity contribution in [1.29, 1.82) is 0 Å². The van der Waals surface area contributed by atoms with Gasteiger partial charge in [0.25, 0.3) is 0 Å². The summed E-state index contributed by atoms with van der Waals surface area (Å²) in [5, 5.41) is 0. The van der Waals surface area contributed by atoms with Crippen molar-refractivity contribution >= 4 is 0 Å². The molecule has 0 amide bonds. The number of rotatable bonds is 1. The maximum absolute atomic E-state index is 12.7. The maximum Gasteiger partial charge on any atom is 0.123 e. The van der Waals surface area contributed by atoms with Gasteiger partial charge in [-0.2, -0.15) is 0 Å². The lowest BCUT2D eigenvalue weighted by Crippen LogP contribution is -2.31. The van der Waals surface area contributed by atoms with Gasteiger partial charge in [0.15, 0.2) is 0 Å². The molecule has 0 aliphatic heterocycles. The first-order valence-corrected chi connectivity index (χ1v) is 5.28. The second kappa shape index (κ2) is 4.09. The predicted molar refractivity (Wildman–Crippen MR) is 55.6 cm³/mol. The molecular formula is C12H16FN. The van der Waals surface area contributed by atoms with Gasteiger partial charge in [-0.25, -0.2) is 4.39 Å². The van der Waals surface area contributed by atoms with Crippen LogP contribution in [0, 0.1) is 5.82 Å². The molecule has 1 aromatic rings. The van der Waals surface area contributed by atoms with Crippen LogP contribution in [0.25, 0.3) is 0 Å². The monoisotopic (exact) mass is 193 g/mol. The molecule has 2 rings (SSSR count). The first kappa shape index (κ1) is 9.66. The molecule has 1 fully saturated rings. The highest BCUT2D eigenvalue weighted by Gasteiger charge is 2.22. The van der Waals surface area contributed by atoms with Gasteiger partial charge in [-0.3, -0.25) is 0 Å². The molecule has 1 nitrogen and oxygen atoms in total. The lowest BCUT2D eigenvalue weighted by Gasteiger charge is -2.28. The number of benzene rings is 1. The molecule has 1 saturated carbocycles. The standard InChI is InChI=1S/C12H16FN/c13-10-7-5-9(6-8-10)11-3-1-2-4-12(11)14/h5-8,11-12H,1-4,14H2/t11-,12+/m0/s1. The third-order valence-corrected chi connectivity index (χ3v) is 3.12. The molecular weight excluding hydrogens is 177 g/mol. The Morgan fingerprint density at radius 3 is 2.36 bits per heavy atom. The third-order valence-electron chi connectivity index (χ3n) is 3.12. The highest BCUT2D eigenvalue weighted by atomic mass is 19.1. The molecule has 14 heavy (non-hydrogen) atoms. The van der Waals surface area contributed by atoms with E-state index in [1.807, 2.05) is 12.1 Å². The van der Waals surface area contributed by atoms with Gasteiger partial charge in [-0.05, 0) is 36.5 Å². The Labute approximate surface area is 84.1 Å². The molecule has 1 aliphatic carbocycles. The summed E-state index contributed by atoms with van der Waals surface area (Å²) < 4.78 is 12.7. The zero-order chi connectivity index (χ0) is 9.97. The highest BCUT2D eigenvalue weighted by molar-refractivity contribution is 5.22. The van der Waals surface area contributed by atoms with Gasteiger partial charge in [0.05, 0.1) is 0 Å². The topological polar surface area (TPSA) is 26.0 Å². The van der Waals surface area contributed by atoms with Crippen LogP contribution in [-0.4, -0.2) is 6.04 Å². The van der Waals surface area contributed by atoms with Crippen molar-refractivity contribution in [1.82, 2.24) is 0 Å². The SMILES string of the molecule is N[C@@H]1CCCC[C@H]1c1ccc(F)cc1. The molecule has 0 radical (unpaired) electrons. The smallest absolute Gasteiger partial charge is 0.123 e. The number of halogens is 1. The summed E-state index contributed by atoms with van der Waals surface area (Å²) in [6.07, 6.45) is 4.73. The van der Waals surface area contributed by atoms with Crippen molar-refractivity contribution < 1.29 is 4.39 Å². The largest absolute Gasteiger partial charge is 0.327 e. The second-order valence-corrected chi connectivity index (χ2v) is 4.11. The zero-order valence-electron chi connectivity index (χ0n) is 8.25. The molecule has 0 heterocycles. The zero-order valence-corrected chi connectivity index (χ0v) is 8.25. The Morgan fingerprint density at radius 2 is 1.71 bits per heavy atom. The molecule has 0 spiro atoms. The molecule has 2 heteroatoms. The van der Waals surface area contributed by atoms with E-state index >= 15 is 0 Å². The van der Waals surface area contributed by atoms with E-state index in [9.17, 15) is 4.39 Å². The van der Waals surface area contributed by atoms with Crippen molar-refractivity contribution in [3.8, 4) is 0 Å². The van der Waals surface area contributed by atoms with Gasteiger partial charge in [-0.15, -0.1) is 0 Å². The average molecular weight is 193 g/mol. The molecule has 0 bridgehead atoms. The Bertz CT molecular complexity index is 294. The summed E-state index contributed by atoms with van der Waals surface area (Å²) >= 11 is 0. The molecule has 1 aliphatic rings. The summed E-state index contributed by atoms with van der Waals surface area (Å²) in [5.74, 6) is 0.266. The van der Waals surface area contributed by atoms with E-state index in [4.69, 9.17) is 5.73 Å². The Morgan fingerprint density at radius 1 is 1.07 bits per heavy atom. The van der Waals surface area contributed by atoms with Crippen LogP contribution in [0.15, 0.2) is 24.3 Å². The Hall–Kier alpha value is -0.890. The average Bonchev–Trinajstić information content (AvgIpc) is 2.20. The highest BCUT2D eigenvalue weighted by Crippen LogP contribution is 2.31. The van der Waals surface area contributed by atoms with E-state index in [2.05, 4.69) is 0 Å². The summed E-state index contributed by atoms with van der Waals surface area (Å²) in [6, 6.07) is 7.04. The molecule has 2 N–H and O–H groups in total. The van der Waals surface area contributed by atoms with E-state index in [0.29, 0.717) is 5.92 Å². The first-order chi connectivity index (χ1) is 6.77.